The Morgan fingerprint density at radius 3 is 2.12 bits per heavy atom. The van der Waals surface area contributed by atoms with Crippen LogP contribution >= 0.6 is 0 Å². The average molecular weight is 451 g/mol. The molecule has 0 aromatic heterocycles. The standard InChI is InChI=1S/C25H23FN2O3S/c26-22-11-5-6-12-24(22)32(30,31)28-17-21-10-4-2-8-19(21)15-23(28)25(29)27-14-13-18-7-1-3-9-20(18)16-27/h1-12,23H,13-17H2. The van der Waals surface area contributed by atoms with Crippen molar-refractivity contribution >= 4 is 15.9 Å². The van der Waals surface area contributed by atoms with Crippen molar-refractivity contribution in [2.75, 3.05) is 6.54 Å². The van der Waals surface area contributed by atoms with Crippen molar-refractivity contribution in [3.8, 4) is 0 Å². The monoisotopic (exact) mass is 450 g/mol. The highest BCUT2D eigenvalue weighted by Crippen LogP contribution is 2.32. The molecule has 0 fully saturated rings. The minimum atomic E-state index is -4.22. The van der Waals surface area contributed by atoms with E-state index >= 15 is 0 Å². The molecule has 2 aliphatic rings. The number of hydrogen-bond donors (Lipinski definition) is 0. The van der Waals surface area contributed by atoms with Crippen LogP contribution in [-0.2, 0) is 40.7 Å². The quantitative estimate of drug-likeness (QED) is 0.614. The van der Waals surface area contributed by atoms with Gasteiger partial charge in [0.05, 0.1) is 0 Å². The third-order valence-corrected chi connectivity index (χ3v) is 8.24. The van der Waals surface area contributed by atoms with Crippen molar-refractivity contribution < 1.29 is 17.6 Å². The largest absolute Gasteiger partial charge is 0.337 e. The summed E-state index contributed by atoms with van der Waals surface area (Å²) >= 11 is 0. The van der Waals surface area contributed by atoms with Gasteiger partial charge in [0, 0.05) is 19.6 Å². The molecule has 0 spiro atoms. The third kappa shape index (κ3) is 3.61. The lowest BCUT2D eigenvalue weighted by Gasteiger charge is -2.39. The van der Waals surface area contributed by atoms with E-state index in [9.17, 15) is 17.6 Å². The fourth-order valence-corrected chi connectivity index (χ4v) is 6.26. The number of amides is 1. The topological polar surface area (TPSA) is 57.7 Å². The van der Waals surface area contributed by atoms with Gasteiger partial charge in [-0.15, -0.1) is 0 Å². The minimum Gasteiger partial charge on any atom is -0.337 e. The predicted octanol–water partition coefficient (Wildman–Crippen LogP) is 3.53. The summed E-state index contributed by atoms with van der Waals surface area (Å²) in [4.78, 5) is 15.0. The summed E-state index contributed by atoms with van der Waals surface area (Å²) in [5.74, 6) is -1.06. The Morgan fingerprint density at radius 2 is 1.41 bits per heavy atom. The van der Waals surface area contributed by atoms with Crippen molar-refractivity contribution in [2.45, 2.75) is 36.9 Å². The molecular formula is C25H23FN2O3S. The van der Waals surface area contributed by atoms with Gasteiger partial charge in [-0.25, -0.2) is 12.8 Å². The normalized spacial score (nSPS) is 18.7. The van der Waals surface area contributed by atoms with Crippen LogP contribution in [0.2, 0.25) is 0 Å². The number of nitrogens with zero attached hydrogens (tertiary/aromatic N) is 2. The van der Waals surface area contributed by atoms with Crippen LogP contribution in [0.1, 0.15) is 22.3 Å². The number of sulfonamides is 1. The summed E-state index contributed by atoms with van der Waals surface area (Å²) in [5, 5.41) is 0. The maximum atomic E-state index is 14.5. The number of carbonyl (C=O) groups excluding carboxylic acids is 1. The SMILES string of the molecule is O=C(C1Cc2ccccc2CN1S(=O)(=O)c1ccccc1F)N1CCc2ccccc2C1. The van der Waals surface area contributed by atoms with E-state index in [1.165, 1.54) is 28.1 Å². The van der Waals surface area contributed by atoms with Crippen molar-refractivity contribution in [3.63, 3.8) is 0 Å². The van der Waals surface area contributed by atoms with E-state index in [0.29, 0.717) is 13.1 Å². The number of halogens is 1. The first-order chi connectivity index (χ1) is 15.4. The molecule has 0 saturated heterocycles. The fraction of sp³-hybridized carbons (Fsp3) is 0.240. The molecule has 32 heavy (non-hydrogen) atoms. The number of benzene rings is 3. The summed E-state index contributed by atoms with van der Waals surface area (Å²) in [7, 11) is -4.22. The second-order valence-electron chi connectivity index (χ2n) is 8.25. The number of fused-ring (bicyclic) bond motifs is 2. The summed E-state index contributed by atoms with van der Waals surface area (Å²) in [6.45, 7) is 1.01. The molecule has 3 aromatic rings. The van der Waals surface area contributed by atoms with E-state index in [2.05, 4.69) is 6.07 Å². The molecule has 0 radical (unpaired) electrons. The summed E-state index contributed by atoms with van der Waals surface area (Å²) in [5.41, 5.74) is 4.07. The fourth-order valence-electron chi connectivity index (χ4n) is 4.64. The molecule has 0 aliphatic carbocycles. The van der Waals surface area contributed by atoms with Crippen LogP contribution in [-0.4, -0.2) is 36.1 Å². The van der Waals surface area contributed by atoms with E-state index in [0.717, 1.165) is 29.2 Å². The highest BCUT2D eigenvalue weighted by Gasteiger charge is 2.42. The molecule has 7 heteroatoms. The van der Waals surface area contributed by atoms with Gasteiger partial charge < -0.3 is 4.90 Å². The third-order valence-electron chi connectivity index (χ3n) is 6.36. The van der Waals surface area contributed by atoms with E-state index in [1.807, 2.05) is 42.5 Å². The molecule has 0 N–H and O–H groups in total. The Labute approximate surface area is 187 Å². The van der Waals surface area contributed by atoms with Crippen molar-refractivity contribution in [1.82, 2.24) is 9.21 Å². The van der Waals surface area contributed by atoms with Crippen LogP contribution < -0.4 is 0 Å². The highest BCUT2D eigenvalue weighted by molar-refractivity contribution is 7.89. The Morgan fingerprint density at radius 1 is 0.812 bits per heavy atom. The van der Waals surface area contributed by atoms with Crippen LogP contribution in [0.3, 0.4) is 0 Å². The zero-order valence-electron chi connectivity index (χ0n) is 17.4. The smallest absolute Gasteiger partial charge is 0.247 e. The first-order valence-corrected chi connectivity index (χ1v) is 12.1. The minimum absolute atomic E-state index is 0.0354. The zero-order chi connectivity index (χ0) is 22.3. The van der Waals surface area contributed by atoms with Gasteiger partial charge in [0.15, 0.2) is 0 Å². The molecule has 2 aliphatic heterocycles. The summed E-state index contributed by atoms with van der Waals surface area (Å²) < 4.78 is 42.7. The Balaban J connectivity index is 1.53. The second-order valence-corrected chi connectivity index (χ2v) is 10.1. The first kappa shape index (κ1) is 20.8. The summed E-state index contributed by atoms with van der Waals surface area (Å²) in [6, 6.07) is 19.9. The van der Waals surface area contributed by atoms with E-state index in [1.54, 1.807) is 4.90 Å². The van der Waals surface area contributed by atoms with Gasteiger partial charge >= 0.3 is 0 Å². The van der Waals surface area contributed by atoms with Crippen molar-refractivity contribution in [2.24, 2.45) is 0 Å². The van der Waals surface area contributed by atoms with Crippen LogP contribution in [0.15, 0.2) is 77.7 Å². The van der Waals surface area contributed by atoms with Crippen molar-refractivity contribution in [1.29, 1.82) is 0 Å². The van der Waals surface area contributed by atoms with E-state index in [4.69, 9.17) is 0 Å². The van der Waals surface area contributed by atoms with Crippen LogP contribution in [0, 0.1) is 5.82 Å². The van der Waals surface area contributed by atoms with E-state index < -0.39 is 26.8 Å². The highest BCUT2D eigenvalue weighted by atomic mass is 32.2. The van der Waals surface area contributed by atoms with Gasteiger partial charge in [-0.3, -0.25) is 4.79 Å². The average Bonchev–Trinajstić information content (AvgIpc) is 2.82. The Bertz CT molecular complexity index is 1290. The van der Waals surface area contributed by atoms with Gasteiger partial charge in [0.1, 0.15) is 16.8 Å². The van der Waals surface area contributed by atoms with Crippen molar-refractivity contribution in [3.05, 3.63) is 101 Å². The molecule has 1 atom stereocenters. The van der Waals surface area contributed by atoms with Crippen LogP contribution in [0.4, 0.5) is 4.39 Å². The maximum absolute atomic E-state index is 14.5. The van der Waals surface area contributed by atoms with E-state index in [-0.39, 0.29) is 18.9 Å². The van der Waals surface area contributed by atoms with Gasteiger partial charge in [-0.1, -0.05) is 60.7 Å². The Kier molecular flexibility index (Phi) is 5.31. The van der Waals surface area contributed by atoms with Gasteiger partial charge in [0.2, 0.25) is 15.9 Å². The first-order valence-electron chi connectivity index (χ1n) is 10.6. The lowest BCUT2D eigenvalue weighted by Crippen LogP contribution is -2.54. The molecule has 3 aromatic carbocycles. The second kappa shape index (κ2) is 8.15. The van der Waals surface area contributed by atoms with Crippen LogP contribution in [0.5, 0.6) is 0 Å². The predicted molar refractivity (Wildman–Crippen MR) is 119 cm³/mol. The lowest BCUT2D eigenvalue weighted by atomic mass is 9.94. The molecule has 5 rings (SSSR count). The molecule has 1 amide bonds. The Hall–Kier alpha value is -3.03. The van der Waals surface area contributed by atoms with Gasteiger partial charge in [-0.05, 0) is 47.2 Å². The lowest BCUT2D eigenvalue weighted by molar-refractivity contribution is -0.136. The number of rotatable bonds is 3. The summed E-state index contributed by atoms with van der Waals surface area (Å²) in [6.07, 6.45) is 0.992. The molecule has 164 valence electrons. The van der Waals surface area contributed by atoms with Gasteiger partial charge in [-0.2, -0.15) is 4.31 Å². The number of carbonyl (C=O) groups is 1. The molecule has 1 unspecified atom stereocenters. The molecule has 0 bridgehead atoms. The molecule has 0 saturated carbocycles. The maximum Gasteiger partial charge on any atom is 0.247 e. The molecule has 2 heterocycles. The zero-order valence-corrected chi connectivity index (χ0v) is 18.3. The molecule has 5 nitrogen and oxygen atoms in total. The number of hydrogen-bond acceptors (Lipinski definition) is 3. The van der Waals surface area contributed by atoms with Gasteiger partial charge in [0.25, 0.3) is 0 Å². The molecular weight excluding hydrogens is 427 g/mol. The van der Waals surface area contributed by atoms with Crippen LogP contribution in [0.25, 0.3) is 0 Å².